The summed E-state index contributed by atoms with van der Waals surface area (Å²) in [6.07, 6.45) is 2.06. The first-order valence-electron chi connectivity index (χ1n) is 8.08. The molecule has 3 heteroatoms. The van der Waals surface area contributed by atoms with E-state index < -0.39 is 5.41 Å². The lowest BCUT2D eigenvalue weighted by molar-refractivity contribution is -0.123. The molecule has 23 heavy (non-hydrogen) atoms. The molecule has 0 aliphatic carbocycles. The van der Waals surface area contributed by atoms with Crippen LogP contribution in [0.15, 0.2) is 48.5 Å². The lowest BCUT2D eigenvalue weighted by atomic mass is 9.82. The molecule has 0 spiro atoms. The summed E-state index contributed by atoms with van der Waals surface area (Å²) >= 11 is 0. The van der Waals surface area contributed by atoms with Crippen LogP contribution in [0.5, 0.6) is 5.75 Å². The Bertz CT molecular complexity index is 704. The fraction of sp³-hybridized carbons (Fsp3) is 0.350. The van der Waals surface area contributed by atoms with Crippen molar-refractivity contribution in [3.63, 3.8) is 0 Å². The van der Waals surface area contributed by atoms with Crippen LogP contribution in [0.25, 0.3) is 0 Å². The maximum atomic E-state index is 13.2. The van der Waals surface area contributed by atoms with Gasteiger partial charge in [-0.15, -0.1) is 0 Å². The molecule has 0 N–H and O–H groups in total. The Hall–Kier alpha value is -2.29. The van der Waals surface area contributed by atoms with E-state index in [-0.39, 0.29) is 5.91 Å². The average Bonchev–Trinajstić information content (AvgIpc) is 2.60. The molecule has 0 saturated carbocycles. The molecule has 1 heterocycles. The molecule has 0 saturated heterocycles. The molecular formula is C20H23NO2. The van der Waals surface area contributed by atoms with E-state index in [1.165, 1.54) is 5.56 Å². The minimum Gasteiger partial charge on any atom is -0.497 e. The van der Waals surface area contributed by atoms with E-state index >= 15 is 0 Å². The molecule has 0 bridgehead atoms. The van der Waals surface area contributed by atoms with Crippen molar-refractivity contribution in [2.75, 3.05) is 18.6 Å². The summed E-state index contributed by atoms with van der Waals surface area (Å²) in [4.78, 5) is 15.2. The quantitative estimate of drug-likeness (QED) is 0.859. The smallest absolute Gasteiger partial charge is 0.237 e. The van der Waals surface area contributed by atoms with Gasteiger partial charge in [-0.3, -0.25) is 4.79 Å². The standard InChI is InChI=1S/C20H23NO2/c1-20(2,16-10-12-17(23-3)13-11-16)19(22)21-14-6-8-15-7-4-5-9-18(15)21/h4-5,7,9-13H,6,8,14H2,1-3H3. The largest absolute Gasteiger partial charge is 0.497 e. The third kappa shape index (κ3) is 2.83. The van der Waals surface area contributed by atoms with Gasteiger partial charge in [0, 0.05) is 12.2 Å². The second-order valence-corrected chi connectivity index (χ2v) is 6.54. The maximum absolute atomic E-state index is 13.2. The number of aryl methyl sites for hydroxylation is 1. The first kappa shape index (κ1) is 15.6. The van der Waals surface area contributed by atoms with Gasteiger partial charge in [0.05, 0.1) is 12.5 Å². The zero-order valence-corrected chi connectivity index (χ0v) is 14.0. The molecular weight excluding hydrogens is 286 g/mol. The van der Waals surface area contributed by atoms with Crippen LogP contribution in [-0.4, -0.2) is 19.6 Å². The fourth-order valence-corrected chi connectivity index (χ4v) is 3.21. The van der Waals surface area contributed by atoms with Crippen molar-refractivity contribution in [1.82, 2.24) is 0 Å². The zero-order valence-electron chi connectivity index (χ0n) is 14.0. The predicted octanol–water partition coefficient (Wildman–Crippen LogP) is 3.95. The summed E-state index contributed by atoms with van der Waals surface area (Å²) in [5.41, 5.74) is 2.76. The van der Waals surface area contributed by atoms with Crippen molar-refractivity contribution in [2.45, 2.75) is 32.1 Å². The van der Waals surface area contributed by atoms with Crippen LogP contribution in [-0.2, 0) is 16.6 Å². The molecule has 0 aromatic heterocycles. The van der Waals surface area contributed by atoms with Crippen molar-refractivity contribution in [2.24, 2.45) is 0 Å². The number of hydrogen-bond donors (Lipinski definition) is 0. The normalized spacial score (nSPS) is 14.3. The third-order valence-corrected chi connectivity index (χ3v) is 4.70. The second-order valence-electron chi connectivity index (χ2n) is 6.54. The van der Waals surface area contributed by atoms with Crippen molar-refractivity contribution in [1.29, 1.82) is 0 Å². The van der Waals surface area contributed by atoms with Gasteiger partial charge >= 0.3 is 0 Å². The topological polar surface area (TPSA) is 29.5 Å². The summed E-state index contributed by atoms with van der Waals surface area (Å²) in [7, 11) is 1.65. The molecule has 0 unspecified atom stereocenters. The highest BCUT2D eigenvalue weighted by Crippen LogP contribution is 2.33. The van der Waals surface area contributed by atoms with Gasteiger partial charge in [-0.2, -0.15) is 0 Å². The van der Waals surface area contributed by atoms with Crippen LogP contribution >= 0.6 is 0 Å². The van der Waals surface area contributed by atoms with Crippen LogP contribution < -0.4 is 9.64 Å². The van der Waals surface area contributed by atoms with E-state index in [2.05, 4.69) is 12.1 Å². The van der Waals surface area contributed by atoms with Crippen LogP contribution in [0, 0.1) is 0 Å². The Kier molecular flexibility index (Phi) is 4.12. The Morgan fingerprint density at radius 1 is 1.09 bits per heavy atom. The summed E-state index contributed by atoms with van der Waals surface area (Å²) in [6, 6.07) is 16.0. The van der Waals surface area contributed by atoms with E-state index in [0.29, 0.717) is 0 Å². The molecule has 2 aromatic rings. The van der Waals surface area contributed by atoms with Gasteiger partial charge in [-0.05, 0) is 56.0 Å². The number of ether oxygens (including phenoxy) is 1. The molecule has 1 aliphatic rings. The molecule has 0 fully saturated rings. The van der Waals surface area contributed by atoms with Crippen molar-refractivity contribution in [3.8, 4) is 5.75 Å². The van der Waals surface area contributed by atoms with E-state index in [4.69, 9.17) is 4.74 Å². The van der Waals surface area contributed by atoms with E-state index in [9.17, 15) is 4.79 Å². The van der Waals surface area contributed by atoms with Crippen LogP contribution in [0.1, 0.15) is 31.4 Å². The lowest BCUT2D eigenvalue weighted by Gasteiger charge is -2.36. The summed E-state index contributed by atoms with van der Waals surface area (Å²) in [5.74, 6) is 0.954. The summed E-state index contributed by atoms with van der Waals surface area (Å²) < 4.78 is 5.21. The number of amides is 1. The third-order valence-electron chi connectivity index (χ3n) is 4.70. The number of methoxy groups -OCH3 is 1. The second kappa shape index (κ2) is 6.07. The minimum absolute atomic E-state index is 0.148. The monoisotopic (exact) mass is 309 g/mol. The first-order chi connectivity index (χ1) is 11.0. The number of carbonyl (C=O) groups is 1. The molecule has 2 aromatic carbocycles. The number of para-hydroxylation sites is 1. The first-order valence-corrected chi connectivity index (χ1v) is 8.08. The number of fused-ring (bicyclic) bond motifs is 1. The molecule has 1 amide bonds. The van der Waals surface area contributed by atoms with Crippen molar-refractivity contribution in [3.05, 3.63) is 59.7 Å². The highest BCUT2D eigenvalue weighted by atomic mass is 16.5. The SMILES string of the molecule is COc1ccc(C(C)(C)C(=O)N2CCCc3ccccc32)cc1. The van der Waals surface area contributed by atoms with Gasteiger partial charge in [0.1, 0.15) is 5.75 Å². The number of carbonyl (C=O) groups excluding carboxylic acids is 1. The van der Waals surface area contributed by atoms with E-state index in [1.807, 2.05) is 55.1 Å². The van der Waals surface area contributed by atoms with Crippen LogP contribution in [0.2, 0.25) is 0 Å². The van der Waals surface area contributed by atoms with Gasteiger partial charge in [0.25, 0.3) is 0 Å². The Morgan fingerprint density at radius 3 is 2.48 bits per heavy atom. The van der Waals surface area contributed by atoms with Crippen LogP contribution in [0.3, 0.4) is 0 Å². The molecule has 3 nitrogen and oxygen atoms in total. The highest BCUT2D eigenvalue weighted by molar-refractivity contribution is 6.01. The fourth-order valence-electron chi connectivity index (χ4n) is 3.21. The van der Waals surface area contributed by atoms with E-state index in [1.54, 1.807) is 7.11 Å². The van der Waals surface area contributed by atoms with Crippen molar-refractivity contribution < 1.29 is 9.53 Å². The van der Waals surface area contributed by atoms with Gasteiger partial charge < -0.3 is 9.64 Å². The number of nitrogens with zero attached hydrogens (tertiary/aromatic N) is 1. The molecule has 3 rings (SSSR count). The Balaban J connectivity index is 1.92. The number of hydrogen-bond acceptors (Lipinski definition) is 2. The van der Waals surface area contributed by atoms with Gasteiger partial charge in [-0.25, -0.2) is 0 Å². The minimum atomic E-state index is -0.573. The predicted molar refractivity (Wildman–Crippen MR) is 93.1 cm³/mol. The van der Waals surface area contributed by atoms with Gasteiger partial charge in [0.2, 0.25) is 5.91 Å². The summed E-state index contributed by atoms with van der Waals surface area (Å²) in [5, 5.41) is 0. The Labute approximate surface area is 137 Å². The Morgan fingerprint density at radius 2 is 1.78 bits per heavy atom. The number of benzene rings is 2. The van der Waals surface area contributed by atoms with Gasteiger partial charge in [-0.1, -0.05) is 30.3 Å². The van der Waals surface area contributed by atoms with Crippen LogP contribution in [0.4, 0.5) is 5.69 Å². The van der Waals surface area contributed by atoms with Gasteiger partial charge in [0.15, 0.2) is 0 Å². The van der Waals surface area contributed by atoms with Crippen molar-refractivity contribution >= 4 is 11.6 Å². The zero-order chi connectivity index (χ0) is 16.4. The molecule has 1 aliphatic heterocycles. The summed E-state index contributed by atoms with van der Waals surface area (Å²) in [6.45, 7) is 4.78. The lowest BCUT2D eigenvalue weighted by Crippen LogP contribution is -2.45. The maximum Gasteiger partial charge on any atom is 0.237 e. The van der Waals surface area contributed by atoms with E-state index in [0.717, 1.165) is 36.4 Å². The highest BCUT2D eigenvalue weighted by Gasteiger charge is 2.36. The molecule has 0 radical (unpaired) electrons. The number of rotatable bonds is 3. The molecule has 0 atom stereocenters. The average molecular weight is 309 g/mol. The number of anilines is 1. The molecule has 120 valence electrons.